The molecule has 1 rings (SSSR count). The van der Waals surface area contributed by atoms with E-state index >= 15 is 0 Å². The lowest BCUT2D eigenvalue weighted by Crippen LogP contribution is -2.35. The zero-order valence-corrected chi connectivity index (χ0v) is 12.5. The molecule has 3 N–H and O–H groups in total. The van der Waals surface area contributed by atoms with Crippen molar-refractivity contribution < 1.29 is 9.53 Å². The molecule has 0 saturated carbocycles. The van der Waals surface area contributed by atoms with Crippen molar-refractivity contribution in [2.24, 2.45) is 5.73 Å². The summed E-state index contributed by atoms with van der Waals surface area (Å²) in [6, 6.07) is 4.95. The number of carbonyl (C=O) groups excluding carboxylic acids is 1. The smallest absolute Gasteiger partial charge is 0.251 e. The fraction of sp³-hybridized carbons (Fsp3) is 0.400. The summed E-state index contributed by atoms with van der Waals surface area (Å²) in [6.45, 7) is 5.18. The average molecular weight is 295 g/mol. The Bertz CT molecular complexity index is 520. The Morgan fingerprint density at radius 2 is 2.30 bits per heavy atom. The van der Waals surface area contributed by atoms with Crippen LogP contribution in [0.3, 0.4) is 0 Å². The Hall–Kier alpha value is -1.54. The van der Waals surface area contributed by atoms with Gasteiger partial charge in [-0.3, -0.25) is 4.79 Å². The van der Waals surface area contributed by atoms with Crippen LogP contribution in [0.25, 0.3) is 0 Å². The van der Waals surface area contributed by atoms with Gasteiger partial charge < -0.3 is 15.8 Å². The minimum absolute atomic E-state index is 0.0575. The fourth-order valence-electron chi connectivity index (χ4n) is 1.55. The monoisotopic (exact) mass is 294 g/mol. The molecule has 1 aromatic carbocycles. The second-order valence-electron chi connectivity index (χ2n) is 4.23. The highest BCUT2D eigenvalue weighted by molar-refractivity contribution is 6.32. The van der Waals surface area contributed by atoms with Gasteiger partial charge >= 0.3 is 0 Å². The molecular weight excluding hydrogens is 276 g/mol. The van der Waals surface area contributed by atoms with Gasteiger partial charge in [0.05, 0.1) is 18.2 Å². The first kappa shape index (κ1) is 16.5. The number of hydrogen-bond donors (Lipinski definition) is 2. The van der Waals surface area contributed by atoms with Crippen molar-refractivity contribution >= 4 is 17.5 Å². The molecule has 0 aromatic heterocycles. The van der Waals surface area contributed by atoms with Crippen LogP contribution in [-0.4, -0.2) is 31.7 Å². The molecule has 1 amide bonds. The van der Waals surface area contributed by atoms with E-state index in [9.17, 15) is 4.79 Å². The second kappa shape index (κ2) is 8.60. The molecule has 5 heteroatoms. The van der Waals surface area contributed by atoms with Crippen molar-refractivity contribution in [3.8, 4) is 11.8 Å². The van der Waals surface area contributed by atoms with Crippen LogP contribution < -0.4 is 11.1 Å². The Morgan fingerprint density at radius 1 is 1.55 bits per heavy atom. The Kier molecular flexibility index (Phi) is 7.10. The summed E-state index contributed by atoms with van der Waals surface area (Å²) in [4.78, 5) is 12.0. The number of rotatable bonds is 5. The fourth-order valence-corrected chi connectivity index (χ4v) is 1.78. The average Bonchev–Trinajstić information content (AvgIpc) is 2.43. The van der Waals surface area contributed by atoms with Crippen molar-refractivity contribution in [1.29, 1.82) is 0 Å². The third-order valence-electron chi connectivity index (χ3n) is 2.51. The lowest BCUT2D eigenvalue weighted by molar-refractivity contribution is 0.0872. The van der Waals surface area contributed by atoms with Crippen molar-refractivity contribution in [3.63, 3.8) is 0 Å². The molecule has 1 atom stereocenters. The number of ether oxygens (including phenoxy) is 1. The van der Waals surface area contributed by atoms with Crippen LogP contribution in [0.1, 0.15) is 29.8 Å². The first-order valence-electron chi connectivity index (χ1n) is 6.45. The van der Waals surface area contributed by atoms with Crippen molar-refractivity contribution in [2.75, 3.05) is 19.8 Å². The number of hydrogen-bond acceptors (Lipinski definition) is 3. The van der Waals surface area contributed by atoms with E-state index < -0.39 is 0 Å². The molecule has 0 bridgehead atoms. The first-order chi connectivity index (χ1) is 9.58. The normalized spacial score (nSPS) is 11.4. The van der Waals surface area contributed by atoms with E-state index in [1.807, 2.05) is 13.8 Å². The minimum atomic E-state index is -0.183. The summed E-state index contributed by atoms with van der Waals surface area (Å²) in [5.74, 6) is 5.39. The Balaban J connectivity index is 2.72. The number of benzene rings is 1. The predicted octanol–water partition coefficient (Wildman–Crippen LogP) is 1.81. The van der Waals surface area contributed by atoms with Crippen LogP contribution in [0.2, 0.25) is 5.02 Å². The van der Waals surface area contributed by atoms with Gasteiger partial charge in [0.25, 0.3) is 5.91 Å². The van der Waals surface area contributed by atoms with Crippen LogP contribution in [0, 0.1) is 11.8 Å². The Labute approximate surface area is 124 Å². The number of carbonyl (C=O) groups is 1. The maximum Gasteiger partial charge on any atom is 0.251 e. The van der Waals surface area contributed by atoms with Crippen LogP contribution in [0.15, 0.2) is 18.2 Å². The van der Waals surface area contributed by atoms with E-state index in [0.717, 1.165) is 0 Å². The van der Waals surface area contributed by atoms with Crippen LogP contribution in [0.5, 0.6) is 0 Å². The van der Waals surface area contributed by atoms with Gasteiger partial charge in [-0.2, -0.15) is 0 Å². The third-order valence-corrected chi connectivity index (χ3v) is 2.82. The lowest BCUT2D eigenvalue weighted by atomic mass is 10.1. The highest BCUT2D eigenvalue weighted by Crippen LogP contribution is 2.17. The minimum Gasteiger partial charge on any atom is -0.380 e. The van der Waals surface area contributed by atoms with Gasteiger partial charge in [0.2, 0.25) is 0 Å². The van der Waals surface area contributed by atoms with Gasteiger partial charge in [-0.1, -0.05) is 23.4 Å². The molecule has 108 valence electrons. The van der Waals surface area contributed by atoms with Crippen molar-refractivity contribution in [1.82, 2.24) is 5.32 Å². The zero-order valence-electron chi connectivity index (χ0n) is 11.7. The molecule has 0 heterocycles. The molecule has 1 unspecified atom stereocenters. The first-order valence-corrected chi connectivity index (χ1v) is 6.83. The number of nitrogens with two attached hydrogens (primary N) is 1. The molecule has 0 fully saturated rings. The lowest BCUT2D eigenvalue weighted by Gasteiger charge is -2.13. The summed E-state index contributed by atoms with van der Waals surface area (Å²) < 4.78 is 5.25. The highest BCUT2D eigenvalue weighted by Gasteiger charge is 2.11. The molecular formula is C15H19ClN2O2. The maximum absolute atomic E-state index is 12.0. The van der Waals surface area contributed by atoms with Gasteiger partial charge in [-0.15, -0.1) is 0 Å². The van der Waals surface area contributed by atoms with Crippen molar-refractivity contribution in [3.05, 3.63) is 34.3 Å². The molecule has 0 spiro atoms. The standard InChI is InChI=1S/C15H19ClN2O2/c1-3-20-10-11(2)18-15(19)13-7-6-12(5-4-8-17)14(16)9-13/h6-7,9,11H,3,8,10,17H2,1-2H3,(H,18,19). The topological polar surface area (TPSA) is 64.3 Å². The summed E-state index contributed by atoms with van der Waals surface area (Å²) in [5.41, 5.74) is 6.47. The van der Waals surface area contributed by atoms with E-state index in [-0.39, 0.29) is 18.5 Å². The quantitative estimate of drug-likeness (QED) is 0.814. The summed E-state index contributed by atoms with van der Waals surface area (Å²) >= 11 is 6.08. The van der Waals surface area contributed by atoms with Crippen molar-refractivity contribution in [2.45, 2.75) is 19.9 Å². The summed E-state index contributed by atoms with van der Waals surface area (Å²) in [5, 5.41) is 3.28. The number of halogens is 1. The van der Waals surface area contributed by atoms with Gasteiger partial charge in [0, 0.05) is 23.8 Å². The zero-order chi connectivity index (χ0) is 15.0. The molecule has 0 aliphatic heterocycles. The van der Waals surface area contributed by atoms with Gasteiger partial charge in [0.1, 0.15) is 0 Å². The molecule has 0 radical (unpaired) electrons. The molecule has 0 saturated heterocycles. The molecule has 4 nitrogen and oxygen atoms in total. The summed E-state index contributed by atoms with van der Waals surface area (Å²) in [7, 11) is 0. The maximum atomic E-state index is 12.0. The van der Waals surface area contributed by atoms with E-state index in [1.165, 1.54) is 0 Å². The van der Waals surface area contributed by atoms with E-state index in [0.29, 0.717) is 29.4 Å². The SMILES string of the molecule is CCOCC(C)NC(=O)c1ccc(C#CCN)c(Cl)c1. The van der Waals surface area contributed by atoms with Gasteiger partial charge in [-0.05, 0) is 32.0 Å². The second-order valence-corrected chi connectivity index (χ2v) is 4.64. The highest BCUT2D eigenvalue weighted by atomic mass is 35.5. The number of nitrogens with one attached hydrogen (secondary N) is 1. The number of amides is 1. The molecule has 20 heavy (non-hydrogen) atoms. The molecule has 1 aromatic rings. The van der Waals surface area contributed by atoms with E-state index in [2.05, 4.69) is 17.2 Å². The molecule has 0 aliphatic carbocycles. The third kappa shape index (κ3) is 5.22. The van der Waals surface area contributed by atoms with E-state index in [1.54, 1.807) is 18.2 Å². The van der Waals surface area contributed by atoms with Crippen LogP contribution >= 0.6 is 11.6 Å². The van der Waals surface area contributed by atoms with E-state index in [4.69, 9.17) is 22.1 Å². The largest absolute Gasteiger partial charge is 0.380 e. The van der Waals surface area contributed by atoms with Gasteiger partial charge in [0.15, 0.2) is 0 Å². The van der Waals surface area contributed by atoms with Gasteiger partial charge in [-0.25, -0.2) is 0 Å². The van der Waals surface area contributed by atoms with Crippen LogP contribution in [-0.2, 0) is 4.74 Å². The summed E-state index contributed by atoms with van der Waals surface area (Å²) in [6.07, 6.45) is 0. The van der Waals surface area contributed by atoms with Crippen LogP contribution in [0.4, 0.5) is 0 Å². The predicted molar refractivity (Wildman–Crippen MR) is 80.8 cm³/mol. The molecule has 0 aliphatic rings. The Morgan fingerprint density at radius 3 is 2.90 bits per heavy atom.